The highest BCUT2D eigenvalue weighted by Gasteiger charge is 2.32. The molecule has 0 aliphatic carbocycles. The SMILES string of the molecule is FC(F)(F)c1cc(-c2ccc(Cl)cc2)cs1. The maximum atomic E-state index is 12.4. The zero-order valence-electron chi connectivity index (χ0n) is 7.88. The van der Waals surface area contributed by atoms with E-state index in [2.05, 4.69) is 0 Å². The van der Waals surface area contributed by atoms with Gasteiger partial charge < -0.3 is 0 Å². The zero-order chi connectivity index (χ0) is 11.8. The summed E-state index contributed by atoms with van der Waals surface area (Å²) in [6.07, 6.45) is -4.27. The molecule has 84 valence electrons. The van der Waals surface area contributed by atoms with Crippen LogP contribution >= 0.6 is 22.9 Å². The summed E-state index contributed by atoms with van der Waals surface area (Å²) in [5, 5.41) is 2.06. The quantitative estimate of drug-likeness (QED) is 0.672. The molecule has 0 radical (unpaired) electrons. The molecule has 1 aromatic heterocycles. The summed E-state index contributed by atoms with van der Waals surface area (Å²) < 4.78 is 37.1. The minimum atomic E-state index is -4.27. The number of rotatable bonds is 1. The molecular weight excluding hydrogens is 257 g/mol. The second kappa shape index (κ2) is 4.11. The molecule has 0 atom stereocenters. The van der Waals surface area contributed by atoms with Gasteiger partial charge >= 0.3 is 6.18 Å². The summed E-state index contributed by atoms with van der Waals surface area (Å²) in [6.45, 7) is 0. The predicted molar refractivity (Wildman–Crippen MR) is 59.8 cm³/mol. The molecule has 2 rings (SSSR count). The molecule has 0 N–H and O–H groups in total. The lowest BCUT2D eigenvalue weighted by Crippen LogP contribution is -2.00. The molecule has 5 heteroatoms. The van der Waals surface area contributed by atoms with Crippen LogP contribution in [0.1, 0.15) is 4.88 Å². The molecule has 0 nitrogen and oxygen atoms in total. The van der Waals surface area contributed by atoms with Gasteiger partial charge in [-0.25, -0.2) is 0 Å². The Kier molecular flexibility index (Phi) is 2.95. The summed E-state index contributed by atoms with van der Waals surface area (Å²) in [4.78, 5) is -0.586. The topological polar surface area (TPSA) is 0 Å². The van der Waals surface area contributed by atoms with Gasteiger partial charge in [0.25, 0.3) is 0 Å². The van der Waals surface area contributed by atoms with Crippen LogP contribution in [-0.2, 0) is 6.18 Å². The van der Waals surface area contributed by atoms with Gasteiger partial charge in [-0.1, -0.05) is 23.7 Å². The minimum absolute atomic E-state index is 0.564. The van der Waals surface area contributed by atoms with Gasteiger partial charge in [0.05, 0.1) is 0 Å². The fraction of sp³-hybridized carbons (Fsp3) is 0.0909. The summed E-state index contributed by atoms with van der Waals surface area (Å²) in [7, 11) is 0. The Morgan fingerprint density at radius 2 is 1.62 bits per heavy atom. The van der Waals surface area contributed by atoms with Gasteiger partial charge in [-0.15, -0.1) is 11.3 Å². The van der Waals surface area contributed by atoms with Crippen LogP contribution in [0.5, 0.6) is 0 Å². The highest BCUT2D eigenvalue weighted by Crippen LogP contribution is 2.37. The first-order valence-electron chi connectivity index (χ1n) is 4.38. The van der Waals surface area contributed by atoms with E-state index in [-0.39, 0.29) is 0 Å². The van der Waals surface area contributed by atoms with Crippen molar-refractivity contribution in [3.8, 4) is 11.1 Å². The number of benzene rings is 1. The Hall–Kier alpha value is -1.00. The third-order valence-electron chi connectivity index (χ3n) is 2.06. The summed E-state index contributed by atoms with van der Waals surface area (Å²) >= 11 is 6.40. The molecule has 0 aliphatic heterocycles. The smallest absolute Gasteiger partial charge is 0.165 e. The number of hydrogen-bond donors (Lipinski definition) is 0. The van der Waals surface area contributed by atoms with E-state index in [0.717, 1.165) is 11.6 Å². The number of thiophene rings is 1. The highest BCUT2D eigenvalue weighted by atomic mass is 35.5. The van der Waals surface area contributed by atoms with Crippen molar-refractivity contribution in [1.82, 2.24) is 0 Å². The first kappa shape index (κ1) is 11.5. The van der Waals surface area contributed by atoms with Gasteiger partial charge in [0, 0.05) is 5.02 Å². The molecule has 0 saturated carbocycles. The zero-order valence-corrected chi connectivity index (χ0v) is 9.46. The lowest BCUT2D eigenvalue weighted by molar-refractivity contribution is -0.134. The second-order valence-corrected chi connectivity index (χ2v) is 4.55. The summed E-state index contributed by atoms with van der Waals surface area (Å²) in [6, 6.07) is 7.85. The van der Waals surface area contributed by atoms with E-state index in [1.165, 1.54) is 5.38 Å². The van der Waals surface area contributed by atoms with Gasteiger partial charge in [-0.05, 0) is 34.7 Å². The molecule has 0 saturated heterocycles. The van der Waals surface area contributed by atoms with Crippen molar-refractivity contribution in [2.75, 3.05) is 0 Å². The molecule has 2 aromatic rings. The fourth-order valence-corrected chi connectivity index (χ4v) is 2.19. The molecule has 1 aromatic carbocycles. The molecule has 1 heterocycles. The predicted octanol–water partition coefficient (Wildman–Crippen LogP) is 5.09. The molecule has 0 spiro atoms. The van der Waals surface area contributed by atoms with Crippen LogP contribution in [0.15, 0.2) is 35.7 Å². The van der Waals surface area contributed by atoms with E-state index in [1.54, 1.807) is 24.3 Å². The van der Waals surface area contributed by atoms with E-state index >= 15 is 0 Å². The Balaban J connectivity index is 2.35. The minimum Gasteiger partial charge on any atom is -0.165 e. The maximum Gasteiger partial charge on any atom is 0.425 e. The standard InChI is InChI=1S/C11H6ClF3S/c12-9-3-1-7(2-4-9)8-5-10(16-6-8)11(13,14)15/h1-6H. The first-order valence-corrected chi connectivity index (χ1v) is 5.64. The Labute approximate surface area is 99.3 Å². The first-order chi connectivity index (χ1) is 7.47. The molecule has 0 bridgehead atoms. The molecule has 0 unspecified atom stereocenters. The van der Waals surface area contributed by atoms with Gasteiger partial charge in [0.15, 0.2) is 0 Å². The van der Waals surface area contributed by atoms with Crippen molar-refractivity contribution in [3.63, 3.8) is 0 Å². The van der Waals surface area contributed by atoms with Crippen molar-refractivity contribution in [3.05, 3.63) is 45.6 Å². The summed E-state index contributed by atoms with van der Waals surface area (Å²) in [5.41, 5.74) is 1.30. The third kappa shape index (κ3) is 2.39. The van der Waals surface area contributed by atoms with Crippen molar-refractivity contribution >= 4 is 22.9 Å². The lowest BCUT2D eigenvalue weighted by Gasteiger charge is -2.01. The normalized spacial score (nSPS) is 11.8. The lowest BCUT2D eigenvalue weighted by atomic mass is 10.1. The Morgan fingerprint density at radius 3 is 2.12 bits per heavy atom. The van der Waals surface area contributed by atoms with Crippen molar-refractivity contribution in [1.29, 1.82) is 0 Å². The van der Waals surface area contributed by atoms with E-state index in [1.807, 2.05) is 0 Å². The second-order valence-electron chi connectivity index (χ2n) is 3.20. The Morgan fingerprint density at radius 1 is 1.00 bits per heavy atom. The van der Waals surface area contributed by atoms with Crippen LogP contribution in [0.4, 0.5) is 13.2 Å². The number of alkyl halides is 3. The van der Waals surface area contributed by atoms with Gasteiger partial charge in [-0.3, -0.25) is 0 Å². The van der Waals surface area contributed by atoms with Gasteiger partial charge in [0.1, 0.15) is 4.88 Å². The van der Waals surface area contributed by atoms with Crippen molar-refractivity contribution < 1.29 is 13.2 Å². The largest absolute Gasteiger partial charge is 0.425 e. The molecule has 16 heavy (non-hydrogen) atoms. The highest BCUT2D eigenvalue weighted by molar-refractivity contribution is 7.10. The fourth-order valence-electron chi connectivity index (χ4n) is 1.28. The van der Waals surface area contributed by atoms with Crippen LogP contribution in [0.25, 0.3) is 11.1 Å². The van der Waals surface area contributed by atoms with Crippen molar-refractivity contribution in [2.45, 2.75) is 6.18 Å². The number of hydrogen-bond acceptors (Lipinski definition) is 1. The van der Waals surface area contributed by atoms with E-state index in [4.69, 9.17) is 11.6 Å². The molecule has 0 aliphatic rings. The van der Waals surface area contributed by atoms with Crippen LogP contribution in [0.2, 0.25) is 5.02 Å². The van der Waals surface area contributed by atoms with Crippen LogP contribution < -0.4 is 0 Å². The monoisotopic (exact) mass is 262 g/mol. The third-order valence-corrected chi connectivity index (χ3v) is 3.28. The number of halogens is 4. The van der Waals surface area contributed by atoms with Crippen LogP contribution in [0, 0.1) is 0 Å². The van der Waals surface area contributed by atoms with Crippen LogP contribution in [0.3, 0.4) is 0 Å². The van der Waals surface area contributed by atoms with Gasteiger partial charge in [0.2, 0.25) is 0 Å². The summed E-state index contributed by atoms with van der Waals surface area (Å²) in [5.74, 6) is 0. The Bertz CT molecular complexity index is 485. The van der Waals surface area contributed by atoms with Crippen molar-refractivity contribution in [2.24, 2.45) is 0 Å². The van der Waals surface area contributed by atoms with E-state index in [0.29, 0.717) is 21.9 Å². The van der Waals surface area contributed by atoms with Crippen LogP contribution in [-0.4, -0.2) is 0 Å². The average molecular weight is 263 g/mol. The molecule has 0 fully saturated rings. The average Bonchev–Trinajstić information content (AvgIpc) is 2.67. The maximum absolute atomic E-state index is 12.4. The van der Waals surface area contributed by atoms with E-state index in [9.17, 15) is 13.2 Å². The molecular formula is C11H6ClF3S. The molecule has 0 amide bonds. The van der Waals surface area contributed by atoms with E-state index < -0.39 is 11.1 Å². The van der Waals surface area contributed by atoms with Gasteiger partial charge in [-0.2, -0.15) is 13.2 Å².